The Morgan fingerprint density at radius 2 is 1.72 bits per heavy atom. The van der Waals surface area contributed by atoms with E-state index >= 15 is 0 Å². The maximum Gasteiger partial charge on any atom is 0.287 e. The Hall–Kier alpha value is -2.90. The average molecular weight is 410 g/mol. The van der Waals surface area contributed by atoms with Crippen molar-refractivity contribution < 1.29 is 14.0 Å². The molecule has 2 heterocycles. The number of benzene rings is 1. The van der Waals surface area contributed by atoms with Crippen molar-refractivity contribution in [3.8, 4) is 11.3 Å². The van der Waals surface area contributed by atoms with Gasteiger partial charge in [0.05, 0.1) is 4.88 Å². The molecular weight excluding hydrogens is 386 g/mol. The third-order valence-corrected chi connectivity index (χ3v) is 5.98. The van der Waals surface area contributed by atoms with Gasteiger partial charge < -0.3 is 20.8 Å². The maximum absolute atomic E-state index is 12.4. The fourth-order valence-corrected chi connectivity index (χ4v) is 4.07. The molecule has 0 radical (unpaired) electrons. The van der Waals surface area contributed by atoms with Gasteiger partial charge in [0.15, 0.2) is 5.76 Å². The molecule has 7 heteroatoms. The molecule has 0 spiro atoms. The first kappa shape index (κ1) is 19.4. The van der Waals surface area contributed by atoms with Gasteiger partial charge in [-0.2, -0.15) is 0 Å². The van der Waals surface area contributed by atoms with E-state index in [1.165, 1.54) is 11.3 Å². The van der Waals surface area contributed by atoms with Crippen LogP contribution in [0.25, 0.3) is 11.3 Å². The largest absolute Gasteiger partial charge is 0.451 e. The van der Waals surface area contributed by atoms with Crippen LogP contribution in [0, 0.1) is 0 Å². The Morgan fingerprint density at radius 3 is 2.41 bits per heavy atom. The summed E-state index contributed by atoms with van der Waals surface area (Å²) in [5, 5.41) is 7.76. The van der Waals surface area contributed by atoms with E-state index in [0.29, 0.717) is 22.1 Å². The molecule has 0 saturated heterocycles. The first-order valence-electron chi connectivity index (χ1n) is 9.70. The van der Waals surface area contributed by atoms with E-state index in [1.54, 1.807) is 18.2 Å². The van der Waals surface area contributed by atoms with Gasteiger partial charge in [0.25, 0.3) is 11.8 Å². The monoisotopic (exact) mass is 409 g/mol. The van der Waals surface area contributed by atoms with Crippen molar-refractivity contribution in [1.29, 1.82) is 0 Å². The summed E-state index contributed by atoms with van der Waals surface area (Å²) < 4.78 is 5.75. The fraction of sp³-hybridized carbons (Fsp3) is 0.273. The van der Waals surface area contributed by atoms with Crippen molar-refractivity contribution in [3.63, 3.8) is 0 Å². The van der Waals surface area contributed by atoms with Crippen LogP contribution in [-0.4, -0.2) is 23.9 Å². The van der Waals surface area contributed by atoms with Crippen LogP contribution in [0.15, 0.2) is 58.3 Å². The highest BCUT2D eigenvalue weighted by molar-refractivity contribution is 7.12. The van der Waals surface area contributed by atoms with Gasteiger partial charge in [0.1, 0.15) is 5.76 Å². The zero-order valence-corrected chi connectivity index (χ0v) is 16.7. The van der Waals surface area contributed by atoms with E-state index in [9.17, 15) is 9.59 Å². The predicted octanol–water partition coefficient (Wildman–Crippen LogP) is 4.26. The van der Waals surface area contributed by atoms with E-state index in [2.05, 4.69) is 10.6 Å². The molecule has 4 rings (SSSR count). The lowest BCUT2D eigenvalue weighted by molar-refractivity contribution is 0.0898. The lowest BCUT2D eigenvalue weighted by Gasteiger charge is -2.26. The van der Waals surface area contributed by atoms with Gasteiger partial charge in [-0.1, -0.05) is 6.07 Å². The van der Waals surface area contributed by atoms with Gasteiger partial charge in [-0.05, 0) is 73.5 Å². The van der Waals surface area contributed by atoms with Crippen LogP contribution in [0.4, 0.5) is 5.69 Å². The van der Waals surface area contributed by atoms with Gasteiger partial charge in [0.2, 0.25) is 0 Å². The molecule has 3 aromatic rings. The number of nitrogens with one attached hydrogen (secondary N) is 2. The zero-order valence-electron chi connectivity index (χ0n) is 15.9. The minimum absolute atomic E-state index is 0.131. The number of hydrogen-bond acceptors (Lipinski definition) is 5. The second kappa shape index (κ2) is 8.63. The highest BCUT2D eigenvalue weighted by Gasteiger charge is 2.22. The highest BCUT2D eigenvalue weighted by atomic mass is 32.1. The lowest BCUT2D eigenvalue weighted by atomic mass is 9.92. The number of anilines is 1. The fourth-order valence-electron chi connectivity index (χ4n) is 3.45. The molecule has 1 fully saturated rings. The molecule has 4 N–H and O–H groups in total. The van der Waals surface area contributed by atoms with Gasteiger partial charge in [-0.15, -0.1) is 11.3 Å². The smallest absolute Gasteiger partial charge is 0.287 e. The summed E-state index contributed by atoms with van der Waals surface area (Å²) in [7, 11) is 0. The molecule has 0 atom stereocenters. The van der Waals surface area contributed by atoms with Crippen LogP contribution < -0.4 is 16.4 Å². The Bertz CT molecular complexity index is 971. The first-order valence-corrected chi connectivity index (χ1v) is 10.6. The van der Waals surface area contributed by atoms with Gasteiger partial charge in [-0.25, -0.2) is 0 Å². The molecule has 150 valence electrons. The van der Waals surface area contributed by atoms with E-state index in [1.807, 2.05) is 35.7 Å². The Kier molecular flexibility index (Phi) is 5.78. The van der Waals surface area contributed by atoms with Gasteiger partial charge >= 0.3 is 0 Å². The molecule has 29 heavy (non-hydrogen) atoms. The predicted molar refractivity (Wildman–Crippen MR) is 114 cm³/mol. The summed E-state index contributed by atoms with van der Waals surface area (Å²) in [6, 6.07) is 14.8. The molecule has 1 aromatic carbocycles. The maximum atomic E-state index is 12.4. The van der Waals surface area contributed by atoms with Crippen LogP contribution >= 0.6 is 11.3 Å². The Morgan fingerprint density at radius 1 is 0.966 bits per heavy atom. The van der Waals surface area contributed by atoms with Gasteiger partial charge in [-0.3, -0.25) is 9.59 Å². The number of thiophene rings is 1. The Balaban J connectivity index is 1.37. The number of furan rings is 1. The van der Waals surface area contributed by atoms with Crippen LogP contribution in [0.3, 0.4) is 0 Å². The van der Waals surface area contributed by atoms with Crippen molar-refractivity contribution >= 4 is 28.8 Å². The number of amides is 2. The summed E-state index contributed by atoms with van der Waals surface area (Å²) in [6.07, 6.45) is 3.67. The SMILES string of the molecule is NC1CCC(NC(=O)c2ccc(-c3ccc(NC(=O)c4cccs4)cc3)o2)CC1. The molecule has 0 aliphatic heterocycles. The highest BCUT2D eigenvalue weighted by Crippen LogP contribution is 2.25. The van der Waals surface area contributed by atoms with Crippen LogP contribution in [0.5, 0.6) is 0 Å². The minimum Gasteiger partial charge on any atom is -0.451 e. The quantitative estimate of drug-likeness (QED) is 0.586. The third-order valence-electron chi connectivity index (χ3n) is 5.11. The van der Waals surface area contributed by atoms with E-state index in [0.717, 1.165) is 31.2 Å². The van der Waals surface area contributed by atoms with E-state index in [-0.39, 0.29) is 23.9 Å². The molecule has 6 nitrogen and oxygen atoms in total. The summed E-state index contributed by atoms with van der Waals surface area (Å²) in [5.41, 5.74) is 7.45. The zero-order chi connectivity index (χ0) is 20.2. The number of rotatable bonds is 5. The minimum atomic E-state index is -0.198. The average Bonchev–Trinajstić information content (AvgIpc) is 3.43. The Labute approximate surface area is 173 Å². The van der Waals surface area contributed by atoms with Crippen molar-refractivity contribution in [1.82, 2.24) is 5.32 Å². The second-order valence-corrected chi connectivity index (χ2v) is 8.21. The van der Waals surface area contributed by atoms with Crippen LogP contribution in [-0.2, 0) is 0 Å². The summed E-state index contributed by atoms with van der Waals surface area (Å²) >= 11 is 1.40. The summed E-state index contributed by atoms with van der Waals surface area (Å²) in [5.74, 6) is 0.576. The molecule has 1 aliphatic rings. The van der Waals surface area contributed by atoms with E-state index in [4.69, 9.17) is 10.2 Å². The normalized spacial score (nSPS) is 18.9. The van der Waals surface area contributed by atoms with Crippen LogP contribution in [0.1, 0.15) is 45.9 Å². The van der Waals surface area contributed by atoms with Gasteiger partial charge in [0, 0.05) is 23.3 Å². The van der Waals surface area contributed by atoms with Crippen LogP contribution in [0.2, 0.25) is 0 Å². The molecular formula is C22H23N3O3S. The van der Waals surface area contributed by atoms with Crippen molar-refractivity contribution in [2.24, 2.45) is 5.73 Å². The molecule has 2 amide bonds. The third kappa shape index (κ3) is 4.75. The lowest BCUT2D eigenvalue weighted by Crippen LogP contribution is -2.40. The van der Waals surface area contributed by atoms with Crippen molar-refractivity contribution in [2.45, 2.75) is 37.8 Å². The number of nitrogens with two attached hydrogens (primary N) is 1. The molecule has 0 unspecified atom stereocenters. The van der Waals surface area contributed by atoms with Crippen molar-refractivity contribution in [2.75, 3.05) is 5.32 Å². The van der Waals surface area contributed by atoms with Crippen molar-refractivity contribution in [3.05, 3.63) is 64.5 Å². The topological polar surface area (TPSA) is 97.4 Å². The molecule has 1 saturated carbocycles. The molecule has 2 aromatic heterocycles. The summed E-state index contributed by atoms with van der Waals surface area (Å²) in [4.78, 5) is 25.2. The molecule has 1 aliphatic carbocycles. The van der Waals surface area contributed by atoms with E-state index < -0.39 is 0 Å². The second-order valence-electron chi connectivity index (χ2n) is 7.26. The number of hydrogen-bond donors (Lipinski definition) is 3. The first-order chi connectivity index (χ1) is 14.1. The number of carbonyl (C=O) groups excluding carboxylic acids is 2. The molecule has 0 bridgehead atoms. The standard InChI is InChI=1S/C22H23N3O3S/c23-15-5-9-17(10-6-15)24-21(26)19-12-11-18(28-19)14-3-7-16(8-4-14)25-22(27)20-2-1-13-29-20/h1-4,7-8,11-13,15,17H,5-6,9-10,23H2,(H,24,26)(H,25,27). The summed E-state index contributed by atoms with van der Waals surface area (Å²) in [6.45, 7) is 0. The number of carbonyl (C=O) groups is 2.